The summed E-state index contributed by atoms with van der Waals surface area (Å²) < 4.78 is 12.4. The van der Waals surface area contributed by atoms with Crippen LogP contribution < -0.4 is 4.90 Å². The number of nitrogens with zero attached hydrogens (tertiary/aromatic N) is 1. The molecule has 0 spiro atoms. The van der Waals surface area contributed by atoms with Crippen molar-refractivity contribution in [3.63, 3.8) is 0 Å². The Morgan fingerprint density at radius 1 is 0.366 bits per heavy atom. The molecule has 7 aromatic carbocycles. The van der Waals surface area contributed by atoms with E-state index in [-0.39, 0.29) is 0 Å². The Labute approximate surface area is 235 Å². The number of benzene rings is 7. The monoisotopic (exact) mass is 525 g/mol. The lowest BCUT2D eigenvalue weighted by molar-refractivity contribution is 0.668. The molecule has 0 aliphatic rings. The van der Waals surface area contributed by atoms with E-state index in [9.17, 15) is 0 Å². The molecule has 2 heterocycles. The Hall–Kier alpha value is -5.54. The molecule has 0 unspecified atom stereocenters. The zero-order chi connectivity index (χ0) is 26.9. The van der Waals surface area contributed by atoms with E-state index >= 15 is 0 Å². The first-order valence-corrected chi connectivity index (χ1v) is 13.9. The van der Waals surface area contributed by atoms with E-state index in [4.69, 9.17) is 8.83 Å². The summed E-state index contributed by atoms with van der Waals surface area (Å²) >= 11 is 0. The van der Waals surface area contributed by atoms with Gasteiger partial charge in [0.15, 0.2) is 0 Å². The van der Waals surface area contributed by atoms with Gasteiger partial charge in [-0.3, -0.25) is 0 Å². The standard InChI is InChI=1S/C38H23NO2/c1-2-10-28-24(8-1)16-17-25-9-7-13-33(38(25)28)39(26-18-20-36-31(22-26)29-11-3-5-14-34(29)40-36)27-19-21-37-32(23-27)30-12-4-6-15-35(30)41-37/h1-23H. The molecular weight excluding hydrogens is 502 g/mol. The van der Waals surface area contributed by atoms with Crippen LogP contribution in [0, 0.1) is 0 Å². The van der Waals surface area contributed by atoms with Gasteiger partial charge in [-0.2, -0.15) is 0 Å². The van der Waals surface area contributed by atoms with Crippen molar-refractivity contribution in [1.29, 1.82) is 0 Å². The van der Waals surface area contributed by atoms with Crippen molar-refractivity contribution in [2.45, 2.75) is 0 Å². The van der Waals surface area contributed by atoms with Gasteiger partial charge >= 0.3 is 0 Å². The summed E-state index contributed by atoms with van der Waals surface area (Å²) in [7, 11) is 0. The first kappa shape index (κ1) is 22.3. The van der Waals surface area contributed by atoms with Gasteiger partial charge in [-0.15, -0.1) is 0 Å². The molecule has 0 saturated heterocycles. The van der Waals surface area contributed by atoms with Crippen LogP contribution in [-0.2, 0) is 0 Å². The number of para-hydroxylation sites is 2. The predicted molar refractivity (Wildman–Crippen MR) is 171 cm³/mol. The Morgan fingerprint density at radius 2 is 0.878 bits per heavy atom. The van der Waals surface area contributed by atoms with Crippen molar-refractivity contribution >= 4 is 82.5 Å². The van der Waals surface area contributed by atoms with Gasteiger partial charge in [0.05, 0.1) is 5.69 Å². The van der Waals surface area contributed by atoms with E-state index in [1.165, 1.54) is 21.5 Å². The highest BCUT2D eigenvalue weighted by Gasteiger charge is 2.20. The van der Waals surface area contributed by atoms with Crippen LogP contribution in [0.1, 0.15) is 0 Å². The molecular formula is C38H23NO2. The van der Waals surface area contributed by atoms with Crippen LogP contribution in [0.4, 0.5) is 17.1 Å². The van der Waals surface area contributed by atoms with Crippen molar-refractivity contribution in [3.8, 4) is 0 Å². The van der Waals surface area contributed by atoms with Gasteiger partial charge in [-0.1, -0.05) is 84.9 Å². The molecule has 0 atom stereocenters. The summed E-state index contributed by atoms with van der Waals surface area (Å²) in [6.45, 7) is 0. The second-order valence-corrected chi connectivity index (χ2v) is 10.6. The Bertz CT molecular complexity index is 2330. The lowest BCUT2D eigenvalue weighted by atomic mass is 9.99. The summed E-state index contributed by atoms with van der Waals surface area (Å²) in [6.07, 6.45) is 0. The molecule has 3 heteroatoms. The van der Waals surface area contributed by atoms with Gasteiger partial charge in [0.25, 0.3) is 0 Å². The average molecular weight is 526 g/mol. The molecule has 3 nitrogen and oxygen atoms in total. The molecule has 41 heavy (non-hydrogen) atoms. The van der Waals surface area contributed by atoms with Crippen molar-refractivity contribution in [2.24, 2.45) is 0 Å². The molecule has 0 bridgehead atoms. The number of fused-ring (bicyclic) bond motifs is 9. The smallest absolute Gasteiger partial charge is 0.135 e. The molecule has 9 rings (SSSR count). The lowest BCUT2D eigenvalue weighted by Crippen LogP contribution is -2.10. The number of hydrogen-bond acceptors (Lipinski definition) is 3. The molecule has 0 saturated carbocycles. The third-order valence-electron chi connectivity index (χ3n) is 8.23. The third-order valence-corrected chi connectivity index (χ3v) is 8.23. The Balaban J connectivity index is 1.38. The minimum absolute atomic E-state index is 0.884. The van der Waals surface area contributed by atoms with Gasteiger partial charge < -0.3 is 13.7 Å². The van der Waals surface area contributed by atoms with Crippen LogP contribution in [0.3, 0.4) is 0 Å². The lowest BCUT2D eigenvalue weighted by Gasteiger charge is -2.27. The third kappa shape index (κ3) is 3.33. The maximum absolute atomic E-state index is 6.19. The van der Waals surface area contributed by atoms with Crippen molar-refractivity contribution in [1.82, 2.24) is 0 Å². The summed E-state index contributed by atoms with van der Waals surface area (Å²) in [5.74, 6) is 0. The van der Waals surface area contributed by atoms with Gasteiger partial charge in [-0.25, -0.2) is 0 Å². The van der Waals surface area contributed by atoms with E-state index in [0.717, 1.165) is 60.9 Å². The highest BCUT2D eigenvalue weighted by atomic mass is 16.3. The highest BCUT2D eigenvalue weighted by Crippen LogP contribution is 2.44. The second kappa shape index (κ2) is 8.48. The molecule has 2 aromatic heterocycles. The minimum atomic E-state index is 0.884. The molecule has 0 N–H and O–H groups in total. The first-order chi connectivity index (χ1) is 20.3. The molecule has 9 aromatic rings. The SMILES string of the molecule is c1ccc2c(c1)ccc1cccc(N(c3ccc4oc5ccccc5c4c3)c3ccc4oc5ccccc5c4c3)c12. The van der Waals surface area contributed by atoms with E-state index in [1.54, 1.807) is 0 Å². The zero-order valence-corrected chi connectivity index (χ0v) is 22.0. The van der Waals surface area contributed by atoms with Crippen LogP contribution in [0.2, 0.25) is 0 Å². The summed E-state index contributed by atoms with van der Waals surface area (Å²) in [4.78, 5) is 2.37. The Morgan fingerprint density at radius 3 is 1.54 bits per heavy atom. The summed E-state index contributed by atoms with van der Waals surface area (Å²) in [5.41, 5.74) is 6.82. The fourth-order valence-electron chi connectivity index (χ4n) is 6.36. The number of anilines is 3. The maximum Gasteiger partial charge on any atom is 0.135 e. The van der Waals surface area contributed by atoms with Crippen LogP contribution in [0.5, 0.6) is 0 Å². The van der Waals surface area contributed by atoms with Crippen LogP contribution in [0.15, 0.2) is 148 Å². The van der Waals surface area contributed by atoms with E-state index in [1.807, 2.05) is 24.3 Å². The normalized spacial score (nSPS) is 11.9. The number of hydrogen-bond donors (Lipinski definition) is 0. The number of rotatable bonds is 3. The topological polar surface area (TPSA) is 29.5 Å². The van der Waals surface area contributed by atoms with E-state index in [0.29, 0.717) is 0 Å². The van der Waals surface area contributed by atoms with E-state index < -0.39 is 0 Å². The Kier molecular flexibility index (Phi) is 4.61. The highest BCUT2D eigenvalue weighted by molar-refractivity contribution is 6.16. The maximum atomic E-state index is 6.19. The van der Waals surface area contributed by atoms with Gasteiger partial charge in [0.2, 0.25) is 0 Å². The average Bonchev–Trinajstić information content (AvgIpc) is 3.59. The van der Waals surface area contributed by atoms with Crippen LogP contribution >= 0.6 is 0 Å². The first-order valence-electron chi connectivity index (χ1n) is 13.9. The molecule has 0 aliphatic carbocycles. The predicted octanol–water partition coefficient (Wildman–Crippen LogP) is 11.3. The molecule has 0 radical (unpaired) electrons. The zero-order valence-electron chi connectivity index (χ0n) is 22.0. The van der Waals surface area contributed by atoms with Crippen molar-refractivity contribution in [2.75, 3.05) is 4.90 Å². The van der Waals surface area contributed by atoms with Crippen LogP contribution in [-0.4, -0.2) is 0 Å². The van der Waals surface area contributed by atoms with E-state index in [2.05, 4.69) is 120 Å². The van der Waals surface area contributed by atoms with Crippen LogP contribution in [0.25, 0.3) is 65.4 Å². The minimum Gasteiger partial charge on any atom is -0.456 e. The van der Waals surface area contributed by atoms with Gasteiger partial charge in [-0.05, 0) is 70.8 Å². The summed E-state index contributed by atoms with van der Waals surface area (Å²) in [6, 6.07) is 49.1. The molecule has 0 fully saturated rings. The van der Waals surface area contributed by atoms with Crippen molar-refractivity contribution < 1.29 is 8.83 Å². The quantitative estimate of drug-likeness (QED) is 0.215. The van der Waals surface area contributed by atoms with Crippen molar-refractivity contribution in [3.05, 3.63) is 140 Å². The van der Waals surface area contributed by atoms with Gasteiger partial charge in [0, 0.05) is 38.3 Å². The molecule has 192 valence electrons. The molecule has 0 aliphatic heterocycles. The second-order valence-electron chi connectivity index (χ2n) is 10.6. The van der Waals surface area contributed by atoms with Gasteiger partial charge in [0.1, 0.15) is 22.3 Å². The fourth-order valence-corrected chi connectivity index (χ4v) is 6.36. The summed E-state index contributed by atoms with van der Waals surface area (Å²) in [5, 5.41) is 9.31. The largest absolute Gasteiger partial charge is 0.456 e. The fraction of sp³-hybridized carbons (Fsp3) is 0. The molecule has 0 amide bonds. The number of furan rings is 2.